The standard InChI is InChI=1S/C28H26N6O2/c1-5-36-28(35)22-16-29-34(25-14-18(3)21-13-9-10-17(2)26(21)33-25)27(22)32-24-15-23(30-19(4)31-24)20-11-7-6-8-12-20/h6-16H,5H2,1-4H3,(H,30,31,32). The van der Waals surface area contributed by atoms with E-state index >= 15 is 0 Å². The molecule has 0 aliphatic rings. The Balaban J connectivity index is 1.65. The molecule has 0 spiro atoms. The molecule has 5 aromatic rings. The van der Waals surface area contributed by atoms with Gasteiger partial charge in [0.25, 0.3) is 0 Å². The lowest BCUT2D eigenvalue weighted by atomic mass is 10.1. The van der Waals surface area contributed by atoms with Gasteiger partial charge in [0.05, 0.1) is 24.0 Å². The van der Waals surface area contributed by atoms with Crippen LogP contribution in [0.5, 0.6) is 0 Å². The van der Waals surface area contributed by atoms with Crippen molar-refractivity contribution < 1.29 is 9.53 Å². The summed E-state index contributed by atoms with van der Waals surface area (Å²) in [7, 11) is 0. The molecule has 0 saturated carbocycles. The molecule has 0 radical (unpaired) electrons. The number of aromatic nitrogens is 5. The van der Waals surface area contributed by atoms with Crippen molar-refractivity contribution in [3.05, 3.63) is 89.4 Å². The second-order valence-electron chi connectivity index (χ2n) is 8.48. The van der Waals surface area contributed by atoms with Crippen molar-refractivity contribution in [2.24, 2.45) is 0 Å². The first-order valence-corrected chi connectivity index (χ1v) is 11.7. The molecule has 3 heterocycles. The molecule has 180 valence electrons. The molecule has 0 bridgehead atoms. The van der Waals surface area contributed by atoms with Crippen molar-refractivity contribution in [2.75, 3.05) is 11.9 Å². The van der Waals surface area contributed by atoms with E-state index < -0.39 is 5.97 Å². The number of hydrogen-bond acceptors (Lipinski definition) is 7. The molecule has 0 atom stereocenters. The number of carbonyl (C=O) groups excluding carboxylic acids is 1. The smallest absolute Gasteiger partial charge is 0.343 e. The van der Waals surface area contributed by atoms with Gasteiger partial charge >= 0.3 is 5.97 Å². The van der Waals surface area contributed by atoms with Crippen molar-refractivity contribution in [2.45, 2.75) is 27.7 Å². The zero-order chi connectivity index (χ0) is 25.2. The van der Waals surface area contributed by atoms with E-state index in [9.17, 15) is 4.79 Å². The number of aryl methyl sites for hydroxylation is 3. The van der Waals surface area contributed by atoms with Gasteiger partial charge in [0.15, 0.2) is 11.6 Å². The van der Waals surface area contributed by atoms with E-state index in [1.54, 1.807) is 11.6 Å². The number of ether oxygens (including phenoxy) is 1. The summed E-state index contributed by atoms with van der Waals surface area (Å²) in [6, 6.07) is 19.8. The fourth-order valence-electron chi connectivity index (χ4n) is 4.16. The van der Waals surface area contributed by atoms with Crippen LogP contribution in [0.2, 0.25) is 0 Å². The van der Waals surface area contributed by atoms with Gasteiger partial charge in [0, 0.05) is 17.0 Å². The largest absolute Gasteiger partial charge is 0.462 e. The summed E-state index contributed by atoms with van der Waals surface area (Å²) >= 11 is 0. The highest BCUT2D eigenvalue weighted by molar-refractivity contribution is 5.96. The SMILES string of the molecule is CCOC(=O)c1cnn(-c2cc(C)c3cccc(C)c3n2)c1Nc1cc(-c2ccccc2)nc(C)n1. The topological polar surface area (TPSA) is 94.8 Å². The average molecular weight is 479 g/mol. The maximum atomic E-state index is 12.8. The Labute approximate surface area is 209 Å². The maximum Gasteiger partial charge on any atom is 0.343 e. The molecule has 0 fully saturated rings. The van der Waals surface area contributed by atoms with Gasteiger partial charge in [-0.25, -0.2) is 19.7 Å². The van der Waals surface area contributed by atoms with Gasteiger partial charge < -0.3 is 10.1 Å². The number of benzene rings is 2. The molecule has 1 N–H and O–H groups in total. The molecule has 0 aliphatic carbocycles. The first-order chi connectivity index (χ1) is 17.4. The Morgan fingerprint density at radius 2 is 1.75 bits per heavy atom. The van der Waals surface area contributed by atoms with E-state index in [4.69, 9.17) is 9.72 Å². The molecular weight excluding hydrogens is 452 g/mol. The lowest BCUT2D eigenvalue weighted by molar-refractivity contribution is 0.0527. The van der Waals surface area contributed by atoms with Crippen molar-refractivity contribution in [1.29, 1.82) is 0 Å². The van der Waals surface area contributed by atoms with Gasteiger partial charge in [-0.15, -0.1) is 0 Å². The average Bonchev–Trinajstić information content (AvgIpc) is 3.28. The highest BCUT2D eigenvalue weighted by Gasteiger charge is 2.22. The van der Waals surface area contributed by atoms with E-state index in [1.807, 2.05) is 75.4 Å². The monoisotopic (exact) mass is 478 g/mol. The zero-order valence-electron chi connectivity index (χ0n) is 20.6. The fourth-order valence-corrected chi connectivity index (χ4v) is 4.16. The third-order valence-corrected chi connectivity index (χ3v) is 5.87. The van der Waals surface area contributed by atoms with Gasteiger partial charge in [-0.05, 0) is 44.9 Å². The van der Waals surface area contributed by atoms with Crippen LogP contribution in [0.25, 0.3) is 28.0 Å². The Morgan fingerprint density at radius 1 is 0.944 bits per heavy atom. The predicted octanol–water partition coefficient (Wildman–Crippen LogP) is 5.72. The molecule has 2 aromatic carbocycles. The van der Waals surface area contributed by atoms with Crippen LogP contribution >= 0.6 is 0 Å². The number of fused-ring (bicyclic) bond motifs is 1. The summed E-state index contributed by atoms with van der Waals surface area (Å²) in [5, 5.41) is 8.89. The molecular formula is C28H26N6O2. The lowest BCUT2D eigenvalue weighted by Crippen LogP contribution is -2.11. The molecule has 0 amide bonds. The fraction of sp³-hybridized carbons (Fsp3) is 0.179. The maximum absolute atomic E-state index is 12.8. The summed E-state index contributed by atoms with van der Waals surface area (Å²) in [5.74, 6) is 1.65. The van der Waals surface area contributed by atoms with Crippen molar-refractivity contribution in [1.82, 2.24) is 24.7 Å². The Hall–Kier alpha value is -4.59. The van der Waals surface area contributed by atoms with E-state index in [-0.39, 0.29) is 6.61 Å². The number of para-hydroxylation sites is 1. The van der Waals surface area contributed by atoms with E-state index in [0.29, 0.717) is 28.8 Å². The number of pyridine rings is 1. The summed E-state index contributed by atoms with van der Waals surface area (Å²) in [4.78, 5) is 26.8. The van der Waals surface area contributed by atoms with Crippen LogP contribution in [-0.4, -0.2) is 37.3 Å². The van der Waals surface area contributed by atoms with Crippen molar-refractivity contribution in [3.63, 3.8) is 0 Å². The molecule has 0 unspecified atom stereocenters. The summed E-state index contributed by atoms with van der Waals surface area (Å²) in [5.41, 5.74) is 5.03. The van der Waals surface area contributed by atoms with Crippen LogP contribution in [0.15, 0.2) is 66.9 Å². The van der Waals surface area contributed by atoms with E-state index in [1.165, 1.54) is 6.20 Å². The Bertz CT molecular complexity index is 1580. The number of rotatable bonds is 6. The number of esters is 1. The number of nitrogens with zero attached hydrogens (tertiary/aromatic N) is 5. The molecule has 36 heavy (non-hydrogen) atoms. The normalized spacial score (nSPS) is 11.0. The van der Waals surface area contributed by atoms with Crippen molar-refractivity contribution in [3.8, 4) is 17.1 Å². The van der Waals surface area contributed by atoms with Crippen LogP contribution in [0, 0.1) is 20.8 Å². The summed E-state index contributed by atoms with van der Waals surface area (Å²) in [6.45, 7) is 7.92. The van der Waals surface area contributed by atoms with Gasteiger partial charge in [-0.1, -0.05) is 48.5 Å². The minimum Gasteiger partial charge on any atom is -0.462 e. The number of carbonyl (C=O) groups is 1. The molecule has 8 nitrogen and oxygen atoms in total. The van der Waals surface area contributed by atoms with Crippen LogP contribution in [0.1, 0.15) is 34.2 Å². The first kappa shape index (κ1) is 23.2. The van der Waals surface area contributed by atoms with Gasteiger partial charge in [0.2, 0.25) is 0 Å². The second kappa shape index (κ2) is 9.58. The minimum atomic E-state index is -0.478. The van der Waals surface area contributed by atoms with Crippen LogP contribution in [-0.2, 0) is 4.74 Å². The van der Waals surface area contributed by atoms with Crippen molar-refractivity contribution >= 4 is 28.5 Å². The molecule has 0 saturated heterocycles. The molecule has 5 rings (SSSR count). The third kappa shape index (κ3) is 4.40. The highest BCUT2D eigenvalue weighted by atomic mass is 16.5. The molecule has 0 aliphatic heterocycles. The first-order valence-electron chi connectivity index (χ1n) is 11.7. The van der Waals surface area contributed by atoms with E-state index in [2.05, 4.69) is 26.4 Å². The van der Waals surface area contributed by atoms with Gasteiger partial charge in [-0.3, -0.25) is 0 Å². The number of anilines is 2. The van der Waals surface area contributed by atoms with Gasteiger partial charge in [0.1, 0.15) is 17.2 Å². The Morgan fingerprint density at radius 3 is 2.53 bits per heavy atom. The van der Waals surface area contributed by atoms with Crippen LogP contribution in [0.3, 0.4) is 0 Å². The number of nitrogens with one attached hydrogen (secondary N) is 1. The predicted molar refractivity (Wildman–Crippen MR) is 140 cm³/mol. The second-order valence-corrected chi connectivity index (χ2v) is 8.48. The highest BCUT2D eigenvalue weighted by Crippen LogP contribution is 2.28. The molecule has 3 aromatic heterocycles. The molecule has 8 heteroatoms. The lowest BCUT2D eigenvalue weighted by Gasteiger charge is -2.14. The summed E-state index contributed by atoms with van der Waals surface area (Å²) < 4.78 is 6.92. The van der Waals surface area contributed by atoms with Gasteiger partial charge in [-0.2, -0.15) is 9.78 Å². The van der Waals surface area contributed by atoms with Crippen LogP contribution in [0.4, 0.5) is 11.6 Å². The Kier molecular flexibility index (Phi) is 6.16. The zero-order valence-corrected chi connectivity index (χ0v) is 20.6. The minimum absolute atomic E-state index is 0.251. The summed E-state index contributed by atoms with van der Waals surface area (Å²) in [6.07, 6.45) is 1.49. The van der Waals surface area contributed by atoms with E-state index in [0.717, 1.165) is 33.3 Å². The quantitative estimate of drug-likeness (QED) is 0.312. The number of hydrogen-bond donors (Lipinski definition) is 1. The van der Waals surface area contributed by atoms with Crippen LogP contribution < -0.4 is 5.32 Å². The third-order valence-electron chi connectivity index (χ3n) is 5.87.